The predicted octanol–water partition coefficient (Wildman–Crippen LogP) is 4.76. The molecule has 0 spiro atoms. The molecule has 3 amide bonds. The lowest BCUT2D eigenvalue weighted by Gasteiger charge is -2.19. The van der Waals surface area contributed by atoms with E-state index in [-0.39, 0.29) is 11.8 Å². The Bertz CT molecular complexity index is 1160. The van der Waals surface area contributed by atoms with E-state index in [0.29, 0.717) is 37.2 Å². The molecule has 3 aromatic rings. The summed E-state index contributed by atoms with van der Waals surface area (Å²) in [5.41, 5.74) is 4.01. The van der Waals surface area contributed by atoms with Gasteiger partial charge in [0.15, 0.2) is 0 Å². The molecule has 3 rings (SSSR count). The van der Waals surface area contributed by atoms with Crippen LogP contribution in [-0.4, -0.2) is 35.0 Å². The Kier molecular flexibility index (Phi) is 7.94. The number of carbonyl (C=O) groups excluding carboxylic acids is 3. The van der Waals surface area contributed by atoms with E-state index in [9.17, 15) is 14.4 Å². The minimum absolute atomic E-state index is 0.0803. The molecular formula is C26H32N4O4. The average molecular weight is 465 g/mol. The van der Waals surface area contributed by atoms with E-state index in [2.05, 4.69) is 27.0 Å². The molecular weight excluding hydrogens is 432 g/mol. The average Bonchev–Trinajstić information content (AvgIpc) is 3.14. The largest absolute Gasteiger partial charge is 0.444 e. The maximum absolute atomic E-state index is 12.4. The van der Waals surface area contributed by atoms with Crippen LogP contribution in [0.15, 0.2) is 48.7 Å². The lowest BCUT2D eigenvalue weighted by molar-refractivity contribution is -0.116. The van der Waals surface area contributed by atoms with Crippen molar-refractivity contribution in [3.05, 3.63) is 59.8 Å². The first-order valence-corrected chi connectivity index (χ1v) is 11.3. The van der Waals surface area contributed by atoms with Crippen molar-refractivity contribution < 1.29 is 19.1 Å². The number of amides is 3. The third kappa shape index (κ3) is 7.65. The van der Waals surface area contributed by atoms with Gasteiger partial charge >= 0.3 is 6.09 Å². The van der Waals surface area contributed by atoms with Gasteiger partial charge in [-0.05, 0) is 81.1 Å². The number of H-pyrrole nitrogens is 1. The van der Waals surface area contributed by atoms with E-state index in [1.165, 1.54) is 6.92 Å². The molecule has 34 heavy (non-hydrogen) atoms. The molecule has 8 nitrogen and oxygen atoms in total. The molecule has 1 heterocycles. The number of aromatic amines is 1. The molecule has 4 N–H and O–H groups in total. The van der Waals surface area contributed by atoms with Gasteiger partial charge in [-0.1, -0.05) is 6.07 Å². The van der Waals surface area contributed by atoms with Crippen molar-refractivity contribution in [1.82, 2.24) is 10.3 Å². The highest BCUT2D eigenvalue weighted by Gasteiger charge is 2.16. The number of anilines is 2. The van der Waals surface area contributed by atoms with E-state index in [1.807, 2.05) is 39.1 Å². The minimum Gasteiger partial charge on any atom is -0.444 e. The van der Waals surface area contributed by atoms with Crippen LogP contribution in [0.5, 0.6) is 0 Å². The summed E-state index contributed by atoms with van der Waals surface area (Å²) in [6, 6.07) is 13.1. The summed E-state index contributed by atoms with van der Waals surface area (Å²) in [4.78, 5) is 38.6. The van der Waals surface area contributed by atoms with Crippen LogP contribution in [0, 0.1) is 0 Å². The summed E-state index contributed by atoms with van der Waals surface area (Å²) < 4.78 is 5.27. The van der Waals surface area contributed by atoms with Crippen molar-refractivity contribution in [1.29, 1.82) is 0 Å². The number of ether oxygens (including phenoxy) is 1. The lowest BCUT2D eigenvalue weighted by Crippen LogP contribution is -2.33. The van der Waals surface area contributed by atoms with Crippen LogP contribution in [-0.2, 0) is 27.2 Å². The van der Waals surface area contributed by atoms with Gasteiger partial charge in [0.1, 0.15) is 5.60 Å². The van der Waals surface area contributed by atoms with Gasteiger partial charge in [0.05, 0.1) is 0 Å². The van der Waals surface area contributed by atoms with Gasteiger partial charge in [0, 0.05) is 48.4 Å². The molecule has 1 aromatic heterocycles. The van der Waals surface area contributed by atoms with Crippen LogP contribution < -0.4 is 16.0 Å². The number of fused-ring (bicyclic) bond motifs is 1. The minimum atomic E-state index is -0.526. The topological polar surface area (TPSA) is 112 Å². The first-order chi connectivity index (χ1) is 16.1. The smallest absolute Gasteiger partial charge is 0.407 e. The van der Waals surface area contributed by atoms with E-state index >= 15 is 0 Å². The molecule has 0 aliphatic rings. The maximum Gasteiger partial charge on any atom is 0.407 e. The first-order valence-electron chi connectivity index (χ1n) is 11.3. The fraction of sp³-hybridized carbons (Fsp3) is 0.346. The summed E-state index contributed by atoms with van der Waals surface area (Å²) in [5, 5.41) is 9.44. The molecule has 0 saturated carbocycles. The Labute approximate surface area is 199 Å². The van der Waals surface area contributed by atoms with Crippen LogP contribution >= 0.6 is 0 Å². The molecule has 0 atom stereocenters. The fourth-order valence-corrected chi connectivity index (χ4v) is 3.52. The summed E-state index contributed by atoms with van der Waals surface area (Å²) in [6.07, 6.45) is 3.13. The zero-order chi connectivity index (χ0) is 24.7. The van der Waals surface area contributed by atoms with Crippen molar-refractivity contribution in [2.24, 2.45) is 0 Å². The number of alkyl carbamates (subject to hydrolysis) is 1. The van der Waals surface area contributed by atoms with Gasteiger partial charge in [0.2, 0.25) is 11.8 Å². The van der Waals surface area contributed by atoms with Crippen LogP contribution in [0.1, 0.15) is 45.2 Å². The monoisotopic (exact) mass is 464 g/mol. The summed E-state index contributed by atoms with van der Waals surface area (Å²) in [6.45, 7) is 7.41. The molecule has 0 unspecified atom stereocenters. The number of aryl methyl sites for hydroxylation is 1. The number of benzene rings is 2. The molecule has 0 aliphatic heterocycles. The third-order valence-corrected chi connectivity index (χ3v) is 5.02. The predicted molar refractivity (Wildman–Crippen MR) is 134 cm³/mol. The maximum atomic E-state index is 12.4. The van der Waals surface area contributed by atoms with E-state index < -0.39 is 11.7 Å². The Hall–Kier alpha value is -3.81. The van der Waals surface area contributed by atoms with Gasteiger partial charge < -0.3 is 25.7 Å². The van der Waals surface area contributed by atoms with Gasteiger partial charge in [-0.2, -0.15) is 0 Å². The normalized spacial score (nSPS) is 11.2. The molecule has 8 heteroatoms. The SMILES string of the molecule is CC(=O)Nc1ccc(NC(=O)CCc2ccc3[nH]cc(CCNC(=O)OC(C)(C)C)c3c2)cc1. The number of aromatic nitrogens is 1. The van der Waals surface area contributed by atoms with E-state index in [4.69, 9.17) is 4.74 Å². The Morgan fingerprint density at radius 2 is 1.62 bits per heavy atom. The molecule has 0 saturated heterocycles. The van der Waals surface area contributed by atoms with Gasteiger partial charge in [0.25, 0.3) is 0 Å². The number of carbonyl (C=O) groups is 3. The van der Waals surface area contributed by atoms with Crippen LogP contribution in [0.3, 0.4) is 0 Å². The molecule has 2 aromatic carbocycles. The molecule has 0 bridgehead atoms. The number of hydrogen-bond acceptors (Lipinski definition) is 4. The van der Waals surface area contributed by atoms with Crippen molar-refractivity contribution in [2.45, 2.75) is 52.6 Å². The second kappa shape index (κ2) is 10.9. The number of nitrogens with one attached hydrogen (secondary N) is 4. The Morgan fingerprint density at radius 1 is 0.941 bits per heavy atom. The Balaban J connectivity index is 1.52. The quantitative estimate of drug-likeness (QED) is 0.385. The highest BCUT2D eigenvalue weighted by molar-refractivity contribution is 5.92. The summed E-state index contributed by atoms with van der Waals surface area (Å²) >= 11 is 0. The molecule has 180 valence electrons. The highest BCUT2D eigenvalue weighted by Crippen LogP contribution is 2.21. The molecule has 0 fully saturated rings. The van der Waals surface area contributed by atoms with Gasteiger partial charge in [-0.15, -0.1) is 0 Å². The van der Waals surface area contributed by atoms with Crippen LogP contribution in [0.4, 0.5) is 16.2 Å². The number of hydrogen-bond donors (Lipinski definition) is 4. The highest BCUT2D eigenvalue weighted by atomic mass is 16.6. The second-order valence-electron chi connectivity index (χ2n) is 9.18. The van der Waals surface area contributed by atoms with Gasteiger partial charge in [-0.3, -0.25) is 9.59 Å². The van der Waals surface area contributed by atoms with E-state index in [0.717, 1.165) is 22.0 Å². The van der Waals surface area contributed by atoms with Crippen LogP contribution in [0.2, 0.25) is 0 Å². The zero-order valence-electron chi connectivity index (χ0n) is 20.1. The second-order valence-corrected chi connectivity index (χ2v) is 9.18. The summed E-state index contributed by atoms with van der Waals surface area (Å²) in [5.74, 6) is -0.220. The Morgan fingerprint density at radius 3 is 2.26 bits per heavy atom. The first kappa shape index (κ1) is 24.8. The van der Waals surface area contributed by atoms with Crippen molar-refractivity contribution in [2.75, 3.05) is 17.2 Å². The zero-order valence-corrected chi connectivity index (χ0v) is 20.1. The van der Waals surface area contributed by atoms with Crippen molar-refractivity contribution in [3.63, 3.8) is 0 Å². The molecule has 0 radical (unpaired) electrons. The van der Waals surface area contributed by atoms with Crippen LogP contribution in [0.25, 0.3) is 10.9 Å². The van der Waals surface area contributed by atoms with Crippen molar-refractivity contribution in [3.8, 4) is 0 Å². The van der Waals surface area contributed by atoms with Gasteiger partial charge in [-0.25, -0.2) is 4.79 Å². The standard InChI is InChI=1S/C26H32N4O4/c1-17(31)29-20-7-9-21(10-8-20)30-24(32)12-6-18-5-11-23-22(15-18)19(16-28-23)13-14-27-25(33)34-26(2,3)4/h5,7-11,15-16,28H,6,12-14H2,1-4H3,(H,27,33)(H,29,31)(H,30,32). The lowest BCUT2D eigenvalue weighted by atomic mass is 10.0. The fourth-order valence-electron chi connectivity index (χ4n) is 3.52. The van der Waals surface area contributed by atoms with E-state index in [1.54, 1.807) is 24.3 Å². The third-order valence-electron chi connectivity index (χ3n) is 5.02. The molecule has 0 aliphatic carbocycles. The number of rotatable bonds is 8. The van der Waals surface area contributed by atoms with Crippen molar-refractivity contribution >= 4 is 40.2 Å². The summed E-state index contributed by atoms with van der Waals surface area (Å²) in [7, 11) is 0.